The molecule has 1 atom stereocenters. The van der Waals surface area contributed by atoms with Gasteiger partial charge < -0.3 is 19.3 Å². The van der Waals surface area contributed by atoms with Gasteiger partial charge in [0.05, 0.1) is 43.6 Å². The summed E-state index contributed by atoms with van der Waals surface area (Å²) in [5, 5.41) is 13.8. The number of pyridine rings is 2. The van der Waals surface area contributed by atoms with Crippen molar-refractivity contribution in [3.63, 3.8) is 0 Å². The number of nitrogens with zero attached hydrogens (tertiary/aromatic N) is 4. The van der Waals surface area contributed by atoms with Crippen molar-refractivity contribution in [1.82, 2.24) is 19.3 Å². The molecular formula is C24H27N5O3. The molecule has 4 heterocycles. The van der Waals surface area contributed by atoms with Crippen LogP contribution in [0.3, 0.4) is 0 Å². The van der Waals surface area contributed by atoms with Gasteiger partial charge in [0.1, 0.15) is 5.65 Å². The molecule has 1 N–H and O–H groups in total. The highest BCUT2D eigenvalue weighted by Gasteiger charge is 2.44. The second-order valence-electron chi connectivity index (χ2n) is 7.94. The zero-order chi connectivity index (χ0) is 22.8. The van der Waals surface area contributed by atoms with Gasteiger partial charge >= 0.3 is 0 Å². The van der Waals surface area contributed by atoms with Crippen molar-refractivity contribution < 1.29 is 19.6 Å². The largest absolute Gasteiger partial charge is 0.871 e. The highest BCUT2D eigenvalue weighted by atomic mass is 16.3. The molecule has 0 saturated carbocycles. The van der Waals surface area contributed by atoms with Crippen molar-refractivity contribution >= 4 is 23.1 Å². The third-order valence-electron chi connectivity index (χ3n) is 6.18. The van der Waals surface area contributed by atoms with Crippen LogP contribution < -0.4 is 10.0 Å². The van der Waals surface area contributed by atoms with E-state index in [0.717, 1.165) is 13.1 Å². The van der Waals surface area contributed by atoms with E-state index < -0.39 is 23.5 Å². The number of carbonyl (C=O) groups is 2. The number of hydrogen-bond acceptors (Lipinski definition) is 5. The van der Waals surface area contributed by atoms with Gasteiger partial charge in [-0.05, 0) is 50.6 Å². The maximum atomic E-state index is 13.8. The number of amides is 1. The summed E-state index contributed by atoms with van der Waals surface area (Å²) in [5.74, 6) is -1.83. The fourth-order valence-corrected chi connectivity index (χ4v) is 4.39. The van der Waals surface area contributed by atoms with Gasteiger partial charge in [0.15, 0.2) is 0 Å². The Labute approximate surface area is 186 Å². The van der Waals surface area contributed by atoms with E-state index in [9.17, 15) is 14.7 Å². The van der Waals surface area contributed by atoms with Crippen LogP contribution in [0, 0.1) is 6.92 Å². The average Bonchev–Trinajstić information content (AvgIpc) is 3.28. The lowest BCUT2D eigenvalue weighted by Crippen LogP contribution is -3.12. The van der Waals surface area contributed by atoms with Gasteiger partial charge in [-0.3, -0.25) is 14.6 Å². The Kier molecular flexibility index (Phi) is 6.05. The quantitative estimate of drug-likeness (QED) is 0.326. The fraction of sp³-hybridized carbons (Fsp3) is 0.333. The van der Waals surface area contributed by atoms with Gasteiger partial charge in [-0.2, -0.15) is 0 Å². The van der Waals surface area contributed by atoms with Crippen LogP contribution in [-0.4, -0.2) is 57.1 Å². The second-order valence-corrected chi connectivity index (χ2v) is 7.94. The van der Waals surface area contributed by atoms with E-state index in [1.165, 1.54) is 9.80 Å². The monoisotopic (exact) mass is 433 g/mol. The molecule has 1 unspecified atom stereocenters. The number of imidazole rings is 1. The Morgan fingerprint density at radius 2 is 1.84 bits per heavy atom. The minimum absolute atomic E-state index is 0.0236. The molecule has 0 spiro atoms. The van der Waals surface area contributed by atoms with Crippen LogP contribution in [0.1, 0.15) is 36.8 Å². The maximum Gasteiger partial charge on any atom is 0.295 e. The predicted molar refractivity (Wildman–Crippen MR) is 117 cm³/mol. The van der Waals surface area contributed by atoms with E-state index in [4.69, 9.17) is 0 Å². The van der Waals surface area contributed by atoms with Crippen molar-refractivity contribution in [2.45, 2.75) is 26.8 Å². The summed E-state index contributed by atoms with van der Waals surface area (Å²) in [4.78, 5) is 37.6. The number of fused-ring (bicyclic) bond motifs is 1. The molecule has 3 aromatic heterocycles. The van der Waals surface area contributed by atoms with Crippen molar-refractivity contribution in [3.8, 4) is 0 Å². The lowest BCUT2D eigenvalue weighted by Gasteiger charge is -2.28. The number of likely N-dealkylation sites (N-methyl/N-ethyl adjacent to an activating group) is 1. The average molecular weight is 434 g/mol. The smallest absolute Gasteiger partial charge is 0.295 e. The van der Waals surface area contributed by atoms with Gasteiger partial charge in [0.25, 0.3) is 5.91 Å². The van der Waals surface area contributed by atoms with Crippen molar-refractivity contribution in [2.24, 2.45) is 0 Å². The first-order valence-electron chi connectivity index (χ1n) is 10.9. The molecule has 8 heteroatoms. The van der Waals surface area contributed by atoms with E-state index in [-0.39, 0.29) is 5.57 Å². The number of hydrogen-bond donors (Lipinski definition) is 1. The zero-order valence-corrected chi connectivity index (χ0v) is 18.5. The van der Waals surface area contributed by atoms with Crippen LogP contribution in [0.15, 0.2) is 54.5 Å². The molecule has 0 aromatic carbocycles. The van der Waals surface area contributed by atoms with Crippen LogP contribution in [-0.2, 0) is 9.59 Å². The van der Waals surface area contributed by atoms with Gasteiger partial charge in [-0.25, -0.2) is 4.98 Å². The molecule has 1 amide bonds. The van der Waals surface area contributed by atoms with Gasteiger partial charge in [0, 0.05) is 24.2 Å². The maximum absolute atomic E-state index is 13.8. The molecule has 32 heavy (non-hydrogen) atoms. The van der Waals surface area contributed by atoms with Crippen LogP contribution >= 0.6 is 0 Å². The Bertz CT molecular complexity index is 1180. The van der Waals surface area contributed by atoms with Crippen LogP contribution in [0.2, 0.25) is 0 Å². The lowest BCUT2D eigenvalue weighted by atomic mass is 9.97. The number of aryl methyl sites for hydroxylation is 1. The van der Waals surface area contributed by atoms with E-state index in [1.807, 2.05) is 6.07 Å². The summed E-state index contributed by atoms with van der Waals surface area (Å²) in [5.41, 5.74) is 2.13. The standard InChI is InChI=1S/C24H27N5O3/c1-4-27(5-2)14-15-29-21(17-9-11-25-12-10-17)19(23(31)24(29)32)22(30)20-16(3)26-18-8-6-7-13-28(18)20/h6-13,21,30H,4-5,14-15H2,1-3H3. The molecule has 1 saturated heterocycles. The summed E-state index contributed by atoms with van der Waals surface area (Å²) in [6.45, 7) is 8.84. The summed E-state index contributed by atoms with van der Waals surface area (Å²) in [7, 11) is 0. The molecule has 8 nitrogen and oxygen atoms in total. The molecule has 1 fully saturated rings. The number of Topliss-reactive ketones (excluding diaryl/α,β-unsaturated/α-hetero) is 1. The minimum Gasteiger partial charge on any atom is -0.871 e. The zero-order valence-electron chi connectivity index (χ0n) is 18.5. The Morgan fingerprint density at radius 3 is 2.53 bits per heavy atom. The normalized spacial score (nSPS) is 18.2. The third kappa shape index (κ3) is 3.67. The number of aromatic nitrogens is 3. The number of ketones is 1. The highest BCUT2D eigenvalue weighted by Crippen LogP contribution is 2.38. The summed E-state index contributed by atoms with van der Waals surface area (Å²) in [6.07, 6.45) is 4.96. The number of rotatable bonds is 7. The van der Waals surface area contributed by atoms with Crippen molar-refractivity contribution in [3.05, 3.63) is 71.4 Å². The summed E-state index contributed by atoms with van der Waals surface area (Å²) < 4.78 is 1.68. The number of likely N-dealkylation sites (tertiary alicyclic amines) is 1. The lowest BCUT2D eigenvalue weighted by molar-refractivity contribution is -0.895. The first-order valence-corrected chi connectivity index (χ1v) is 10.9. The van der Waals surface area contributed by atoms with Crippen molar-refractivity contribution in [1.29, 1.82) is 0 Å². The van der Waals surface area contributed by atoms with E-state index >= 15 is 0 Å². The molecule has 4 rings (SSSR count). The fourth-order valence-electron chi connectivity index (χ4n) is 4.39. The van der Waals surface area contributed by atoms with Crippen LogP contribution in [0.4, 0.5) is 0 Å². The molecule has 0 aliphatic carbocycles. The van der Waals surface area contributed by atoms with Gasteiger partial charge in [-0.1, -0.05) is 11.8 Å². The molecule has 166 valence electrons. The predicted octanol–water partition coefficient (Wildman–Crippen LogP) is 0.186. The van der Waals surface area contributed by atoms with E-state index in [0.29, 0.717) is 35.7 Å². The first-order chi connectivity index (χ1) is 15.5. The van der Waals surface area contributed by atoms with Crippen LogP contribution in [0.5, 0.6) is 0 Å². The minimum atomic E-state index is -0.742. The number of quaternary nitrogens is 1. The Hall–Kier alpha value is -3.52. The number of nitrogens with one attached hydrogen (secondary N) is 1. The van der Waals surface area contributed by atoms with E-state index in [1.54, 1.807) is 54.2 Å². The molecule has 1 aliphatic heterocycles. The van der Waals surface area contributed by atoms with Gasteiger partial charge in [-0.15, -0.1) is 0 Å². The molecule has 1 aliphatic rings. The Balaban J connectivity index is 1.86. The molecule has 0 radical (unpaired) electrons. The summed E-state index contributed by atoms with van der Waals surface area (Å²) in [6, 6.07) is 8.20. The number of carbonyl (C=O) groups excluding carboxylic acids is 2. The second kappa shape index (κ2) is 8.92. The summed E-state index contributed by atoms with van der Waals surface area (Å²) >= 11 is 0. The first kappa shape index (κ1) is 21.7. The SMILES string of the molecule is CC[NH+](CC)CCN1C(=O)C(=O)C(=C([O-])c2c(C)nc3ccccn23)C1c1ccncc1. The van der Waals surface area contributed by atoms with E-state index in [2.05, 4.69) is 23.8 Å². The highest BCUT2D eigenvalue weighted by molar-refractivity contribution is 6.46. The molecule has 0 bridgehead atoms. The molecular weight excluding hydrogens is 406 g/mol. The van der Waals surface area contributed by atoms with Gasteiger partial charge in [0.2, 0.25) is 5.78 Å². The molecule has 3 aromatic rings. The topological polar surface area (TPSA) is 95.1 Å². The third-order valence-corrected chi connectivity index (χ3v) is 6.18. The van der Waals surface area contributed by atoms with Crippen LogP contribution in [0.25, 0.3) is 11.4 Å². The Morgan fingerprint density at radius 1 is 1.12 bits per heavy atom. The van der Waals surface area contributed by atoms with Crippen molar-refractivity contribution in [2.75, 3.05) is 26.2 Å².